The molecule has 0 fully saturated rings. The molecule has 1 aromatic rings. The van der Waals surface area contributed by atoms with Gasteiger partial charge in [-0.3, -0.25) is 0 Å². The Morgan fingerprint density at radius 1 is 1.36 bits per heavy atom. The zero-order valence-electron chi connectivity index (χ0n) is 15.4. The number of hydrogen-bond acceptors (Lipinski definition) is 4. The molecular weight excluding hydrogens is 320 g/mol. The van der Waals surface area contributed by atoms with Gasteiger partial charge in [-0.25, -0.2) is 9.59 Å². The molecule has 3 amide bonds. The highest BCUT2D eigenvalue weighted by atomic mass is 16.6. The fraction of sp³-hybridized carbons (Fsp3) is 0.500. The van der Waals surface area contributed by atoms with Crippen molar-refractivity contribution in [2.45, 2.75) is 39.8 Å². The van der Waals surface area contributed by atoms with Crippen LogP contribution < -0.4 is 10.6 Å². The molecule has 7 nitrogen and oxygen atoms in total. The number of carbonyl (C=O) groups is 2. The van der Waals surface area contributed by atoms with Crippen LogP contribution in [0.25, 0.3) is 0 Å². The molecule has 1 aromatic carbocycles. The van der Waals surface area contributed by atoms with Crippen molar-refractivity contribution >= 4 is 17.8 Å². The van der Waals surface area contributed by atoms with E-state index in [0.717, 1.165) is 5.56 Å². The monoisotopic (exact) mass is 346 g/mol. The van der Waals surface area contributed by atoms with Crippen LogP contribution in [0.3, 0.4) is 0 Å². The molecule has 0 aliphatic heterocycles. The molecule has 0 aliphatic carbocycles. The minimum absolute atomic E-state index is 0.236. The van der Waals surface area contributed by atoms with E-state index in [1.807, 2.05) is 6.07 Å². The highest BCUT2D eigenvalue weighted by Gasteiger charge is 2.16. The van der Waals surface area contributed by atoms with Crippen molar-refractivity contribution in [3.63, 3.8) is 0 Å². The second kappa shape index (κ2) is 8.92. The standard InChI is InChI=1S/C18H26N4O3/c1-13(10-19)12-22(5)16(23)21-15-8-6-7-14(9-15)11-20-17(24)25-18(2,3)4/h6-9,13H,11-12H2,1-5H3,(H,20,24)(H,21,23)/t13-/m1/s1. The lowest BCUT2D eigenvalue weighted by molar-refractivity contribution is 0.0523. The maximum Gasteiger partial charge on any atom is 0.407 e. The molecule has 7 heteroatoms. The van der Waals surface area contributed by atoms with Gasteiger partial charge >= 0.3 is 12.1 Å². The third kappa shape index (κ3) is 8.06. The number of anilines is 1. The average Bonchev–Trinajstić information content (AvgIpc) is 2.51. The number of nitriles is 1. The first-order valence-electron chi connectivity index (χ1n) is 8.08. The van der Waals surface area contributed by atoms with E-state index >= 15 is 0 Å². The van der Waals surface area contributed by atoms with Crippen molar-refractivity contribution in [1.29, 1.82) is 5.26 Å². The van der Waals surface area contributed by atoms with E-state index < -0.39 is 11.7 Å². The zero-order valence-corrected chi connectivity index (χ0v) is 15.4. The maximum absolute atomic E-state index is 12.1. The van der Waals surface area contributed by atoms with Crippen LogP contribution in [0.2, 0.25) is 0 Å². The Morgan fingerprint density at radius 3 is 2.64 bits per heavy atom. The summed E-state index contributed by atoms with van der Waals surface area (Å²) < 4.78 is 5.18. The summed E-state index contributed by atoms with van der Waals surface area (Å²) in [5.41, 5.74) is 0.895. The normalized spacial score (nSPS) is 11.8. The van der Waals surface area contributed by atoms with Crippen molar-refractivity contribution in [1.82, 2.24) is 10.2 Å². The molecule has 0 saturated carbocycles. The summed E-state index contributed by atoms with van der Waals surface area (Å²) >= 11 is 0. The highest BCUT2D eigenvalue weighted by Crippen LogP contribution is 2.12. The van der Waals surface area contributed by atoms with E-state index in [1.54, 1.807) is 52.9 Å². The number of nitrogens with one attached hydrogen (secondary N) is 2. The molecule has 1 rings (SSSR count). The summed E-state index contributed by atoms with van der Waals surface area (Å²) in [5.74, 6) is -0.236. The summed E-state index contributed by atoms with van der Waals surface area (Å²) in [6, 6.07) is 8.97. The van der Waals surface area contributed by atoms with Crippen LogP contribution in [-0.2, 0) is 11.3 Å². The summed E-state index contributed by atoms with van der Waals surface area (Å²) in [4.78, 5) is 25.3. The number of amides is 3. The molecule has 0 aromatic heterocycles. The Balaban J connectivity index is 2.59. The number of rotatable bonds is 5. The fourth-order valence-electron chi connectivity index (χ4n) is 2.00. The van der Waals surface area contributed by atoms with Crippen LogP contribution in [0.4, 0.5) is 15.3 Å². The van der Waals surface area contributed by atoms with E-state index in [0.29, 0.717) is 18.8 Å². The third-order valence-electron chi connectivity index (χ3n) is 3.13. The Kier molecular flexibility index (Phi) is 7.24. The van der Waals surface area contributed by atoms with Crippen molar-refractivity contribution in [3.05, 3.63) is 29.8 Å². The summed E-state index contributed by atoms with van der Waals surface area (Å²) in [6.07, 6.45) is -0.493. The van der Waals surface area contributed by atoms with Gasteiger partial charge in [-0.15, -0.1) is 0 Å². The molecule has 0 heterocycles. The van der Waals surface area contributed by atoms with Gasteiger partial charge in [0, 0.05) is 25.8 Å². The zero-order chi connectivity index (χ0) is 19.0. The molecule has 25 heavy (non-hydrogen) atoms. The summed E-state index contributed by atoms with van der Waals surface area (Å²) in [6.45, 7) is 7.79. The lowest BCUT2D eigenvalue weighted by Crippen LogP contribution is -2.34. The van der Waals surface area contributed by atoms with E-state index in [-0.39, 0.29) is 11.9 Å². The van der Waals surface area contributed by atoms with Crippen molar-refractivity contribution in [2.24, 2.45) is 5.92 Å². The minimum Gasteiger partial charge on any atom is -0.444 e. The van der Waals surface area contributed by atoms with Gasteiger partial charge in [0.2, 0.25) is 0 Å². The van der Waals surface area contributed by atoms with Crippen LogP contribution in [0.5, 0.6) is 0 Å². The van der Waals surface area contributed by atoms with Gasteiger partial charge in [-0.1, -0.05) is 12.1 Å². The van der Waals surface area contributed by atoms with Crippen LogP contribution in [0.15, 0.2) is 24.3 Å². The second-order valence-electron chi connectivity index (χ2n) is 6.90. The molecule has 136 valence electrons. The lowest BCUT2D eigenvalue weighted by atomic mass is 10.2. The number of ether oxygens (including phenoxy) is 1. The van der Waals surface area contributed by atoms with E-state index in [1.165, 1.54) is 4.90 Å². The van der Waals surface area contributed by atoms with Crippen LogP contribution >= 0.6 is 0 Å². The first-order valence-corrected chi connectivity index (χ1v) is 8.08. The number of benzene rings is 1. The predicted molar refractivity (Wildman–Crippen MR) is 95.9 cm³/mol. The maximum atomic E-state index is 12.1. The smallest absolute Gasteiger partial charge is 0.407 e. The largest absolute Gasteiger partial charge is 0.444 e. The predicted octanol–water partition coefficient (Wildman–Crippen LogP) is 3.33. The molecule has 0 unspecified atom stereocenters. The van der Waals surface area contributed by atoms with Crippen molar-refractivity contribution < 1.29 is 14.3 Å². The van der Waals surface area contributed by atoms with Gasteiger partial charge in [-0.2, -0.15) is 5.26 Å². The summed E-state index contributed by atoms with van der Waals surface area (Å²) in [7, 11) is 1.64. The van der Waals surface area contributed by atoms with Gasteiger partial charge < -0.3 is 20.3 Å². The fourth-order valence-corrected chi connectivity index (χ4v) is 2.00. The number of hydrogen-bond donors (Lipinski definition) is 2. The lowest BCUT2D eigenvalue weighted by Gasteiger charge is -2.20. The molecule has 0 spiro atoms. The van der Waals surface area contributed by atoms with Crippen molar-refractivity contribution in [3.8, 4) is 6.07 Å². The van der Waals surface area contributed by atoms with Crippen LogP contribution in [0.1, 0.15) is 33.3 Å². The van der Waals surface area contributed by atoms with E-state index in [4.69, 9.17) is 10.00 Å². The Hall–Kier alpha value is -2.75. The molecule has 1 atom stereocenters. The average molecular weight is 346 g/mol. The van der Waals surface area contributed by atoms with Gasteiger partial charge in [0.1, 0.15) is 5.60 Å². The van der Waals surface area contributed by atoms with Gasteiger partial charge in [0.15, 0.2) is 0 Å². The number of alkyl carbamates (subject to hydrolysis) is 1. The number of urea groups is 1. The number of carbonyl (C=O) groups excluding carboxylic acids is 2. The SMILES string of the molecule is C[C@H](C#N)CN(C)C(=O)Nc1cccc(CNC(=O)OC(C)(C)C)c1. The first kappa shape index (κ1) is 20.3. The van der Waals surface area contributed by atoms with Crippen molar-refractivity contribution in [2.75, 3.05) is 18.9 Å². The number of nitrogens with zero attached hydrogens (tertiary/aromatic N) is 2. The van der Waals surface area contributed by atoms with Gasteiger partial charge in [0.25, 0.3) is 0 Å². The topological polar surface area (TPSA) is 94.5 Å². The molecule has 2 N–H and O–H groups in total. The second-order valence-corrected chi connectivity index (χ2v) is 6.90. The Labute approximate surface area is 148 Å². The van der Waals surface area contributed by atoms with Gasteiger partial charge in [-0.05, 0) is 45.4 Å². The molecule has 0 bridgehead atoms. The quantitative estimate of drug-likeness (QED) is 0.855. The third-order valence-corrected chi connectivity index (χ3v) is 3.13. The Bertz CT molecular complexity index is 646. The molecule has 0 aliphatic rings. The Morgan fingerprint density at radius 2 is 2.04 bits per heavy atom. The van der Waals surface area contributed by atoms with Crippen LogP contribution in [0, 0.1) is 17.2 Å². The van der Waals surface area contributed by atoms with Crippen LogP contribution in [-0.4, -0.2) is 36.2 Å². The summed E-state index contributed by atoms with van der Waals surface area (Å²) in [5, 5.41) is 14.3. The molecular formula is C18H26N4O3. The molecule has 0 saturated heterocycles. The van der Waals surface area contributed by atoms with Gasteiger partial charge in [0.05, 0.1) is 12.0 Å². The van der Waals surface area contributed by atoms with E-state index in [2.05, 4.69) is 16.7 Å². The first-order chi connectivity index (χ1) is 11.6. The highest BCUT2D eigenvalue weighted by molar-refractivity contribution is 5.89. The molecule has 0 radical (unpaired) electrons. The van der Waals surface area contributed by atoms with E-state index in [9.17, 15) is 9.59 Å². The minimum atomic E-state index is -0.551.